The maximum absolute atomic E-state index is 11.7. The molecule has 3 N–H and O–H groups in total. The van der Waals surface area contributed by atoms with Gasteiger partial charge < -0.3 is 16.0 Å². The van der Waals surface area contributed by atoms with Crippen molar-refractivity contribution in [1.82, 2.24) is 15.6 Å². The van der Waals surface area contributed by atoms with Crippen LogP contribution in [0.15, 0.2) is 18.3 Å². The zero-order valence-corrected chi connectivity index (χ0v) is 11.4. The van der Waals surface area contributed by atoms with Gasteiger partial charge >= 0.3 is 0 Å². The Morgan fingerprint density at radius 3 is 3.21 bits per heavy atom. The van der Waals surface area contributed by atoms with Crippen molar-refractivity contribution in [2.45, 2.75) is 32.2 Å². The first-order valence-corrected chi connectivity index (χ1v) is 7.01. The first kappa shape index (κ1) is 13.8. The van der Waals surface area contributed by atoms with Gasteiger partial charge in [-0.05, 0) is 44.9 Å². The second-order valence-electron chi connectivity index (χ2n) is 4.80. The molecule has 1 unspecified atom stereocenters. The lowest BCUT2D eigenvalue weighted by Gasteiger charge is -2.12. The van der Waals surface area contributed by atoms with Crippen LogP contribution in [-0.4, -0.2) is 36.6 Å². The van der Waals surface area contributed by atoms with Crippen LogP contribution in [0, 0.1) is 0 Å². The molecule has 0 radical (unpaired) electrons. The second-order valence-corrected chi connectivity index (χ2v) is 4.80. The van der Waals surface area contributed by atoms with E-state index in [1.807, 2.05) is 13.0 Å². The number of aromatic nitrogens is 1. The van der Waals surface area contributed by atoms with Crippen molar-refractivity contribution in [3.63, 3.8) is 0 Å². The predicted octanol–water partition coefficient (Wildman–Crippen LogP) is 1.39. The van der Waals surface area contributed by atoms with Crippen LogP contribution in [0.25, 0.3) is 0 Å². The minimum absolute atomic E-state index is 0.122. The number of amides is 1. The van der Waals surface area contributed by atoms with Crippen molar-refractivity contribution in [2.75, 3.05) is 25.0 Å². The van der Waals surface area contributed by atoms with Crippen molar-refractivity contribution < 1.29 is 4.79 Å². The van der Waals surface area contributed by atoms with Gasteiger partial charge in [0.25, 0.3) is 5.91 Å². The molecule has 2 heterocycles. The number of nitrogens with zero attached hydrogens (tertiary/aromatic N) is 1. The zero-order valence-electron chi connectivity index (χ0n) is 11.4. The van der Waals surface area contributed by atoms with Crippen molar-refractivity contribution in [3.05, 3.63) is 24.0 Å². The van der Waals surface area contributed by atoms with E-state index in [4.69, 9.17) is 0 Å². The van der Waals surface area contributed by atoms with E-state index in [2.05, 4.69) is 20.9 Å². The highest BCUT2D eigenvalue weighted by molar-refractivity contribution is 5.93. The van der Waals surface area contributed by atoms with Crippen LogP contribution in [0.2, 0.25) is 0 Å². The number of anilines is 1. The molecule has 1 amide bonds. The van der Waals surface area contributed by atoms with Crippen LogP contribution < -0.4 is 16.0 Å². The normalized spacial score (nSPS) is 18.3. The lowest BCUT2D eigenvalue weighted by atomic mass is 10.1. The largest absolute Gasteiger partial charge is 0.385 e. The molecule has 0 bridgehead atoms. The maximum atomic E-state index is 11.7. The van der Waals surface area contributed by atoms with Gasteiger partial charge in [-0.1, -0.05) is 0 Å². The number of carbonyl (C=O) groups is 1. The molecule has 1 aromatic heterocycles. The fourth-order valence-corrected chi connectivity index (χ4v) is 2.31. The van der Waals surface area contributed by atoms with Gasteiger partial charge in [0.05, 0.1) is 0 Å². The molecule has 1 fully saturated rings. The highest BCUT2D eigenvalue weighted by Crippen LogP contribution is 2.11. The molecule has 1 aliphatic heterocycles. The summed E-state index contributed by atoms with van der Waals surface area (Å²) in [5.41, 5.74) is 1.42. The highest BCUT2D eigenvalue weighted by Gasteiger charge is 2.13. The average Bonchev–Trinajstić information content (AvgIpc) is 2.93. The zero-order chi connectivity index (χ0) is 13.5. The van der Waals surface area contributed by atoms with E-state index in [1.54, 1.807) is 12.3 Å². The molecule has 0 aliphatic carbocycles. The third kappa shape index (κ3) is 4.21. The van der Waals surface area contributed by atoms with E-state index in [0.29, 0.717) is 18.3 Å². The van der Waals surface area contributed by atoms with Gasteiger partial charge in [0.1, 0.15) is 5.69 Å². The maximum Gasteiger partial charge on any atom is 0.269 e. The van der Waals surface area contributed by atoms with Crippen molar-refractivity contribution in [2.24, 2.45) is 0 Å². The lowest BCUT2D eigenvalue weighted by Crippen LogP contribution is -2.25. The summed E-state index contributed by atoms with van der Waals surface area (Å²) >= 11 is 0. The smallest absolute Gasteiger partial charge is 0.269 e. The van der Waals surface area contributed by atoms with Crippen molar-refractivity contribution in [3.8, 4) is 0 Å². The fourth-order valence-electron chi connectivity index (χ4n) is 2.31. The number of hydrogen-bond donors (Lipinski definition) is 3. The second kappa shape index (κ2) is 7.09. The summed E-state index contributed by atoms with van der Waals surface area (Å²) in [5.74, 6) is -0.122. The highest BCUT2D eigenvalue weighted by atomic mass is 16.1. The van der Waals surface area contributed by atoms with Crippen molar-refractivity contribution >= 4 is 11.6 Å². The average molecular weight is 262 g/mol. The van der Waals surface area contributed by atoms with E-state index in [0.717, 1.165) is 25.2 Å². The molecular weight excluding hydrogens is 240 g/mol. The Labute approximate surface area is 114 Å². The molecule has 0 saturated carbocycles. The van der Waals surface area contributed by atoms with Gasteiger partial charge in [-0.25, -0.2) is 0 Å². The van der Waals surface area contributed by atoms with Crippen LogP contribution in [-0.2, 0) is 0 Å². The Kier molecular flexibility index (Phi) is 5.15. The third-order valence-corrected chi connectivity index (χ3v) is 3.31. The molecule has 5 heteroatoms. The van der Waals surface area contributed by atoms with Crippen LogP contribution in [0.5, 0.6) is 0 Å². The summed E-state index contributed by atoms with van der Waals surface area (Å²) in [6, 6.07) is 4.33. The molecule has 1 aromatic rings. The standard InChI is InChI=1S/C14H22N4O/c1-2-15-14(19)13-10-12(6-9-18-13)17-8-5-11-4-3-7-16-11/h6,9-11,16H,2-5,7-8H2,1H3,(H,15,19)(H,17,18). The topological polar surface area (TPSA) is 66.1 Å². The first-order chi connectivity index (χ1) is 9.29. The van der Waals surface area contributed by atoms with Gasteiger partial charge in [0.2, 0.25) is 0 Å². The molecule has 2 rings (SSSR count). The Morgan fingerprint density at radius 2 is 2.47 bits per heavy atom. The van der Waals surface area contributed by atoms with Gasteiger partial charge in [-0.2, -0.15) is 0 Å². The van der Waals surface area contributed by atoms with E-state index >= 15 is 0 Å². The van der Waals surface area contributed by atoms with E-state index in [1.165, 1.54) is 12.8 Å². The molecule has 1 atom stereocenters. The van der Waals surface area contributed by atoms with Gasteiger partial charge in [0.15, 0.2) is 0 Å². The molecule has 0 spiro atoms. The minimum Gasteiger partial charge on any atom is -0.385 e. The third-order valence-electron chi connectivity index (χ3n) is 3.31. The summed E-state index contributed by atoms with van der Waals surface area (Å²) in [5, 5.41) is 9.57. The molecule has 1 saturated heterocycles. The van der Waals surface area contributed by atoms with E-state index in [-0.39, 0.29) is 5.91 Å². The van der Waals surface area contributed by atoms with Crippen molar-refractivity contribution in [1.29, 1.82) is 0 Å². The molecule has 1 aliphatic rings. The number of carbonyl (C=O) groups excluding carboxylic acids is 1. The van der Waals surface area contributed by atoms with E-state index < -0.39 is 0 Å². The van der Waals surface area contributed by atoms with Gasteiger partial charge in [-0.15, -0.1) is 0 Å². The van der Waals surface area contributed by atoms with Gasteiger partial charge in [0, 0.05) is 31.0 Å². The molecule has 19 heavy (non-hydrogen) atoms. The molecule has 104 valence electrons. The lowest BCUT2D eigenvalue weighted by molar-refractivity contribution is 0.0951. The summed E-state index contributed by atoms with van der Waals surface area (Å²) in [6.07, 6.45) is 5.32. The summed E-state index contributed by atoms with van der Waals surface area (Å²) in [4.78, 5) is 15.7. The van der Waals surface area contributed by atoms with Crippen LogP contribution in [0.4, 0.5) is 5.69 Å². The van der Waals surface area contributed by atoms with Gasteiger partial charge in [-0.3, -0.25) is 9.78 Å². The fraction of sp³-hybridized carbons (Fsp3) is 0.571. The SMILES string of the molecule is CCNC(=O)c1cc(NCCC2CCCN2)ccn1. The number of hydrogen-bond acceptors (Lipinski definition) is 4. The number of nitrogens with one attached hydrogen (secondary N) is 3. The summed E-state index contributed by atoms with van der Waals surface area (Å²) in [7, 11) is 0. The van der Waals surface area contributed by atoms with E-state index in [9.17, 15) is 4.79 Å². The van der Waals surface area contributed by atoms with Crippen LogP contribution in [0.3, 0.4) is 0 Å². The summed E-state index contributed by atoms with van der Waals surface area (Å²) in [6.45, 7) is 4.57. The quantitative estimate of drug-likeness (QED) is 0.725. The Morgan fingerprint density at radius 1 is 1.58 bits per heavy atom. The number of rotatable bonds is 6. The Bertz CT molecular complexity index is 416. The monoisotopic (exact) mass is 262 g/mol. The Hall–Kier alpha value is -1.62. The molecule has 5 nitrogen and oxygen atoms in total. The molecular formula is C14H22N4O. The van der Waals surface area contributed by atoms with Crippen LogP contribution in [0.1, 0.15) is 36.7 Å². The molecule has 0 aromatic carbocycles. The van der Waals surface area contributed by atoms with Crippen LogP contribution >= 0.6 is 0 Å². The Balaban J connectivity index is 1.82. The number of pyridine rings is 1. The minimum atomic E-state index is -0.122. The first-order valence-electron chi connectivity index (χ1n) is 7.01. The summed E-state index contributed by atoms with van der Waals surface area (Å²) < 4.78 is 0. The predicted molar refractivity (Wildman–Crippen MR) is 76.4 cm³/mol.